The maximum atomic E-state index is 12.5. The van der Waals surface area contributed by atoms with E-state index in [9.17, 15) is 23.1 Å². The van der Waals surface area contributed by atoms with Crippen LogP contribution in [-0.2, 0) is 4.79 Å². The van der Waals surface area contributed by atoms with Gasteiger partial charge in [0.25, 0.3) is 0 Å². The van der Waals surface area contributed by atoms with E-state index in [1.54, 1.807) is 19.9 Å². The minimum Gasteiger partial charge on any atom is -0.406 e. The Morgan fingerprint density at radius 2 is 1.85 bits per heavy atom. The third-order valence-electron chi connectivity index (χ3n) is 6.35. The van der Waals surface area contributed by atoms with E-state index >= 15 is 0 Å². The van der Waals surface area contributed by atoms with Crippen molar-refractivity contribution in [2.75, 3.05) is 13.1 Å². The molecule has 4 nitrogen and oxygen atoms in total. The highest BCUT2D eigenvalue weighted by Crippen LogP contribution is 2.57. The van der Waals surface area contributed by atoms with E-state index in [1.807, 2.05) is 11.0 Å². The number of amides is 1. The Bertz CT molecular complexity index is 752. The maximum Gasteiger partial charge on any atom is 0.573 e. The van der Waals surface area contributed by atoms with Gasteiger partial charge in [0.1, 0.15) is 5.75 Å². The lowest BCUT2D eigenvalue weighted by molar-refractivity contribution is -0.274. The predicted molar refractivity (Wildman–Crippen MR) is 92.2 cm³/mol. The first-order chi connectivity index (χ1) is 12.5. The lowest BCUT2D eigenvalue weighted by Gasteiger charge is -2.60. The second-order valence-electron chi connectivity index (χ2n) is 8.97. The summed E-state index contributed by atoms with van der Waals surface area (Å²) in [5.74, 6) is 0.144. The summed E-state index contributed by atoms with van der Waals surface area (Å²) in [6.07, 6.45) is -1.86. The quantitative estimate of drug-likeness (QED) is 0.865. The van der Waals surface area contributed by atoms with Crippen LogP contribution in [0.5, 0.6) is 5.75 Å². The van der Waals surface area contributed by atoms with E-state index in [1.165, 1.54) is 6.07 Å². The monoisotopic (exact) mass is 383 g/mol. The van der Waals surface area contributed by atoms with Crippen LogP contribution < -0.4 is 4.74 Å². The van der Waals surface area contributed by atoms with Crippen molar-refractivity contribution >= 4 is 5.91 Å². The number of ether oxygens (including phenoxy) is 1. The van der Waals surface area contributed by atoms with Gasteiger partial charge >= 0.3 is 6.36 Å². The number of halogens is 3. The summed E-state index contributed by atoms with van der Waals surface area (Å²) in [5.41, 5.74) is 0.737. The smallest absolute Gasteiger partial charge is 0.406 e. The molecule has 0 unspecified atom stereocenters. The summed E-state index contributed by atoms with van der Waals surface area (Å²) in [5, 5.41) is 9.79. The number of alkyl halides is 3. The molecule has 2 aliphatic carbocycles. The average molecular weight is 383 g/mol. The van der Waals surface area contributed by atoms with Crippen molar-refractivity contribution in [3.8, 4) is 5.75 Å². The van der Waals surface area contributed by atoms with Gasteiger partial charge in [-0.15, -0.1) is 13.2 Å². The van der Waals surface area contributed by atoms with Crippen molar-refractivity contribution in [1.29, 1.82) is 0 Å². The third-order valence-corrected chi connectivity index (χ3v) is 6.35. The Morgan fingerprint density at radius 1 is 1.22 bits per heavy atom. The SMILES string of the molecule is Cc1ccc(C2CC3(C2)CN(C(=O)C2CC(C)(O)C2)C3)cc1OC(F)(F)F. The summed E-state index contributed by atoms with van der Waals surface area (Å²) in [4.78, 5) is 14.2. The Morgan fingerprint density at radius 3 is 2.41 bits per heavy atom. The van der Waals surface area contributed by atoms with Gasteiger partial charge in [-0.1, -0.05) is 12.1 Å². The largest absolute Gasteiger partial charge is 0.573 e. The number of likely N-dealkylation sites (tertiary alicyclic amines) is 1. The zero-order valence-electron chi connectivity index (χ0n) is 15.5. The number of nitrogens with zero attached hydrogens (tertiary/aromatic N) is 1. The molecule has 0 bridgehead atoms. The van der Waals surface area contributed by atoms with Crippen LogP contribution in [-0.4, -0.2) is 41.0 Å². The zero-order chi connectivity index (χ0) is 19.6. The summed E-state index contributed by atoms with van der Waals surface area (Å²) in [7, 11) is 0. The number of benzene rings is 1. The van der Waals surface area contributed by atoms with Gasteiger partial charge in [-0.05, 0) is 62.6 Å². The van der Waals surface area contributed by atoms with Crippen molar-refractivity contribution in [3.05, 3.63) is 29.3 Å². The van der Waals surface area contributed by atoms with Gasteiger partial charge < -0.3 is 14.7 Å². The molecule has 1 saturated heterocycles. The van der Waals surface area contributed by atoms with Gasteiger partial charge in [-0.2, -0.15) is 0 Å². The van der Waals surface area contributed by atoms with Crippen LogP contribution in [0.2, 0.25) is 0 Å². The second kappa shape index (κ2) is 5.87. The fourth-order valence-electron chi connectivity index (χ4n) is 4.94. The van der Waals surface area contributed by atoms with Crippen LogP contribution in [0, 0.1) is 18.3 Å². The van der Waals surface area contributed by atoms with Gasteiger partial charge in [-0.3, -0.25) is 4.79 Å². The molecule has 0 atom stereocenters. The Balaban J connectivity index is 1.32. The molecular weight excluding hydrogens is 359 g/mol. The van der Waals surface area contributed by atoms with Crippen molar-refractivity contribution < 1.29 is 27.8 Å². The van der Waals surface area contributed by atoms with E-state index in [-0.39, 0.29) is 28.9 Å². The van der Waals surface area contributed by atoms with Crippen LogP contribution in [0.15, 0.2) is 18.2 Å². The fraction of sp³-hybridized carbons (Fsp3) is 0.650. The highest BCUT2D eigenvalue weighted by molar-refractivity contribution is 5.81. The normalized spacial score (nSPS) is 29.7. The molecule has 27 heavy (non-hydrogen) atoms. The van der Waals surface area contributed by atoms with Crippen LogP contribution in [0.3, 0.4) is 0 Å². The molecule has 7 heteroatoms. The highest BCUT2D eigenvalue weighted by atomic mass is 19.4. The van der Waals surface area contributed by atoms with Crippen LogP contribution in [0.1, 0.15) is 49.7 Å². The number of carbonyl (C=O) groups excluding carboxylic acids is 1. The molecule has 1 aliphatic heterocycles. The van der Waals surface area contributed by atoms with Crippen molar-refractivity contribution in [2.24, 2.45) is 11.3 Å². The molecule has 0 radical (unpaired) electrons. The first-order valence-corrected chi connectivity index (χ1v) is 9.33. The number of rotatable bonds is 3. The molecule has 148 valence electrons. The molecule has 2 saturated carbocycles. The molecule has 0 aromatic heterocycles. The molecule has 4 rings (SSSR count). The van der Waals surface area contributed by atoms with Crippen molar-refractivity contribution in [2.45, 2.75) is 57.4 Å². The molecular formula is C20H24F3NO3. The molecule has 1 N–H and O–H groups in total. The summed E-state index contributed by atoms with van der Waals surface area (Å²) < 4.78 is 41.7. The first kappa shape index (κ1) is 18.6. The van der Waals surface area contributed by atoms with Gasteiger partial charge in [0.2, 0.25) is 5.91 Å². The van der Waals surface area contributed by atoms with E-state index in [0.29, 0.717) is 18.4 Å². The maximum absolute atomic E-state index is 12.5. The zero-order valence-corrected chi connectivity index (χ0v) is 15.5. The molecule has 1 spiro atoms. The molecule has 1 aromatic carbocycles. The van der Waals surface area contributed by atoms with E-state index in [0.717, 1.165) is 31.5 Å². The number of aliphatic hydroxyl groups is 1. The fourth-order valence-corrected chi connectivity index (χ4v) is 4.94. The van der Waals surface area contributed by atoms with Gasteiger partial charge in [-0.25, -0.2) is 0 Å². The topological polar surface area (TPSA) is 49.8 Å². The van der Waals surface area contributed by atoms with Crippen molar-refractivity contribution in [3.63, 3.8) is 0 Å². The number of hydrogen-bond acceptors (Lipinski definition) is 3. The van der Waals surface area contributed by atoms with Gasteiger partial charge in [0, 0.05) is 24.4 Å². The van der Waals surface area contributed by atoms with Gasteiger partial charge in [0.15, 0.2) is 0 Å². The first-order valence-electron chi connectivity index (χ1n) is 9.33. The van der Waals surface area contributed by atoms with Crippen LogP contribution in [0.4, 0.5) is 13.2 Å². The summed E-state index contributed by atoms with van der Waals surface area (Å²) in [6.45, 7) is 4.79. The average Bonchev–Trinajstić information content (AvgIpc) is 2.43. The Kier molecular flexibility index (Phi) is 4.04. The number of hydrogen-bond donors (Lipinski definition) is 1. The minimum absolute atomic E-state index is 0.0626. The summed E-state index contributed by atoms with van der Waals surface area (Å²) in [6, 6.07) is 5.03. The summed E-state index contributed by atoms with van der Waals surface area (Å²) >= 11 is 0. The molecule has 1 heterocycles. The second-order valence-corrected chi connectivity index (χ2v) is 8.97. The van der Waals surface area contributed by atoms with Gasteiger partial charge in [0.05, 0.1) is 5.60 Å². The van der Waals surface area contributed by atoms with E-state index < -0.39 is 12.0 Å². The standard InChI is InChI=1S/C20H24F3NO3/c1-12-3-4-13(5-16(12)27-20(21,22)23)14-8-19(9-14)10-24(11-19)17(25)15-6-18(2,26)7-15/h3-5,14-15,26H,6-11H2,1-2H3. The third kappa shape index (κ3) is 3.53. The number of aryl methyl sites for hydroxylation is 1. The lowest BCUT2D eigenvalue weighted by atomic mass is 9.55. The lowest BCUT2D eigenvalue weighted by Crippen LogP contribution is -2.65. The van der Waals surface area contributed by atoms with E-state index in [2.05, 4.69) is 4.74 Å². The molecule has 3 aliphatic rings. The van der Waals surface area contributed by atoms with E-state index in [4.69, 9.17) is 0 Å². The van der Waals surface area contributed by atoms with Crippen LogP contribution in [0.25, 0.3) is 0 Å². The van der Waals surface area contributed by atoms with Crippen LogP contribution >= 0.6 is 0 Å². The highest BCUT2D eigenvalue weighted by Gasteiger charge is 2.56. The number of carbonyl (C=O) groups is 1. The Hall–Kier alpha value is -1.76. The van der Waals surface area contributed by atoms with Crippen molar-refractivity contribution in [1.82, 2.24) is 4.90 Å². The minimum atomic E-state index is -4.69. The molecule has 3 fully saturated rings. The molecule has 1 amide bonds. The Labute approximate surface area is 156 Å². The molecule has 1 aromatic rings. The predicted octanol–water partition coefficient (Wildman–Crippen LogP) is 3.76.